The van der Waals surface area contributed by atoms with Crippen LogP contribution in [-0.4, -0.2) is 50.3 Å². The zero-order chi connectivity index (χ0) is 55.9. The molecule has 12 heteroatoms. The van der Waals surface area contributed by atoms with Crippen molar-refractivity contribution in [3.8, 4) is 23.0 Å². The van der Waals surface area contributed by atoms with Gasteiger partial charge in [-0.05, 0) is 74.2 Å². The molecule has 0 amide bonds. The van der Waals surface area contributed by atoms with E-state index in [1.807, 2.05) is 0 Å². The number of ether oxygens (including phenoxy) is 6. The van der Waals surface area contributed by atoms with Crippen LogP contribution in [0.4, 0.5) is 8.78 Å². The summed E-state index contributed by atoms with van der Waals surface area (Å²) in [5.74, 6) is -4.84. The van der Waals surface area contributed by atoms with Gasteiger partial charge in [-0.1, -0.05) is 219 Å². The second kappa shape index (κ2) is 45.4. The third-order valence-electron chi connectivity index (χ3n) is 14.0. The summed E-state index contributed by atoms with van der Waals surface area (Å²) in [5.41, 5.74) is 0.279. The maximum absolute atomic E-state index is 15.0. The quantitative estimate of drug-likeness (QED) is 0.0234. The van der Waals surface area contributed by atoms with Crippen molar-refractivity contribution < 1.29 is 56.4 Å². The fourth-order valence-corrected chi connectivity index (χ4v) is 9.29. The molecule has 3 rings (SSSR count). The number of rotatable bonds is 50. The van der Waals surface area contributed by atoms with E-state index in [2.05, 4.69) is 13.2 Å². The summed E-state index contributed by atoms with van der Waals surface area (Å²) in [5, 5.41) is 0. The van der Waals surface area contributed by atoms with E-state index in [0.29, 0.717) is 37.9 Å². The van der Waals surface area contributed by atoms with Gasteiger partial charge in [0.1, 0.15) is 17.2 Å². The second-order valence-corrected chi connectivity index (χ2v) is 20.7. The second-order valence-electron chi connectivity index (χ2n) is 20.7. The summed E-state index contributed by atoms with van der Waals surface area (Å²) in [6, 6.07) is 14.2. The van der Waals surface area contributed by atoms with Gasteiger partial charge in [0.25, 0.3) is 0 Å². The largest absolute Gasteiger partial charge is 0.494 e. The zero-order valence-corrected chi connectivity index (χ0v) is 47.5. The van der Waals surface area contributed by atoms with Crippen molar-refractivity contribution in [2.24, 2.45) is 0 Å². The lowest BCUT2D eigenvalue weighted by molar-refractivity contribution is -0.138. The lowest BCUT2D eigenvalue weighted by Gasteiger charge is -2.11. The van der Waals surface area contributed by atoms with E-state index in [9.17, 15) is 19.2 Å². The predicted molar refractivity (Wildman–Crippen MR) is 309 cm³/mol. The van der Waals surface area contributed by atoms with E-state index in [0.717, 1.165) is 63.5 Å². The van der Waals surface area contributed by atoms with Gasteiger partial charge in [-0.15, -0.1) is 0 Å². The van der Waals surface area contributed by atoms with Crippen LogP contribution in [0.1, 0.15) is 252 Å². The van der Waals surface area contributed by atoms with E-state index in [1.165, 1.54) is 216 Å². The Hall–Kier alpha value is -5.52. The van der Waals surface area contributed by atoms with Crippen LogP contribution in [0.25, 0.3) is 0 Å². The maximum atomic E-state index is 15.0. The molecule has 434 valence electrons. The SMILES string of the molecule is C=CC(=O)OCCCCCCCCCCCCCCCCCCCCOc1ccc(C(=O)Oc2cc(F)c(OC(=O)c3ccc(OCCCCCCCCCCCCCCCCCCCCOC(=O)C=C)cc3)c(F)c2)cc1. The molecule has 0 aromatic heterocycles. The number of hydrogen-bond acceptors (Lipinski definition) is 10. The topological polar surface area (TPSA) is 124 Å². The summed E-state index contributed by atoms with van der Waals surface area (Å²) < 4.78 is 62.1. The summed E-state index contributed by atoms with van der Waals surface area (Å²) in [6.45, 7) is 8.93. The average Bonchev–Trinajstić information content (AvgIpc) is 3.45. The molecule has 0 radical (unpaired) electrons. The Balaban J connectivity index is 1.14. The third-order valence-corrected chi connectivity index (χ3v) is 14.0. The summed E-state index contributed by atoms with van der Waals surface area (Å²) >= 11 is 0. The normalized spacial score (nSPS) is 11.0. The molecule has 0 saturated heterocycles. The van der Waals surface area contributed by atoms with Gasteiger partial charge < -0.3 is 28.4 Å². The minimum absolute atomic E-state index is 0.0967. The first-order chi connectivity index (χ1) is 38.2. The molecule has 78 heavy (non-hydrogen) atoms. The van der Waals surface area contributed by atoms with E-state index in [-0.39, 0.29) is 28.8 Å². The molecular formula is C66H96F2O10. The van der Waals surface area contributed by atoms with Crippen LogP contribution in [-0.2, 0) is 19.1 Å². The van der Waals surface area contributed by atoms with Gasteiger partial charge in [0.05, 0.1) is 37.6 Å². The highest BCUT2D eigenvalue weighted by molar-refractivity contribution is 5.92. The van der Waals surface area contributed by atoms with Crippen molar-refractivity contribution in [2.75, 3.05) is 26.4 Å². The molecule has 0 saturated carbocycles. The van der Waals surface area contributed by atoms with Crippen molar-refractivity contribution in [1.29, 1.82) is 0 Å². The van der Waals surface area contributed by atoms with Gasteiger partial charge in [0.15, 0.2) is 11.6 Å². The molecule has 0 fully saturated rings. The van der Waals surface area contributed by atoms with Gasteiger partial charge in [-0.2, -0.15) is 0 Å². The van der Waals surface area contributed by atoms with Gasteiger partial charge in [0, 0.05) is 24.3 Å². The highest BCUT2D eigenvalue weighted by atomic mass is 19.1. The Labute approximate surface area is 467 Å². The maximum Gasteiger partial charge on any atom is 0.343 e. The number of unbranched alkanes of at least 4 members (excludes halogenated alkanes) is 34. The molecule has 3 aromatic carbocycles. The van der Waals surface area contributed by atoms with Crippen molar-refractivity contribution in [2.45, 2.75) is 231 Å². The summed E-state index contributed by atoms with van der Waals surface area (Å²) in [6.07, 6.45) is 46.6. The minimum Gasteiger partial charge on any atom is -0.494 e. The molecule has 0 spiro atoms. The Morgan fingerprint density at radius 2 is 0.577 bits per heavy atom. The molecule has 0 heterocycles. The number of halogens is 2. The lowest BCUT2D eigenvalue weighted by Crippen LogP contribution is -2.12. The Bertz CT molecular complexity index is 2050. The predicted octanol–water partition coefficient (Wildman–Crippen LogP) is 18.7. The zero-order valence-electron chi connectivity index (χ0n) is 47.5. The fourth-order valence-electron chi connectivity index (χ4n) is 9.29. The van der Waals surface area contributed by atoms with Crippen molar-refractivity contribution >= 4 is 23.9 Å². The first-order valence-corrected chi connectivity index (χ1v) is 30.2. The molecule has 0 aliphatic carbocycles. The van der Waals surface area contributed by atoms with Gasteiger partial charge in [-0.25, -0.2) is 28.0 Å². The number of carbonyl (C=O) groups excluding carboxylic acids is 4. The molecule has 0 N–H and O–H groups in total. The third kappa shape index (κ3) is 33.7. The average molecular weight is 1090 g/mol. The first-order valence-electron chi connectivity index (χ1n) is 30.2. The van der Waals surface area contributed by atoms with Gasteiger partial charge in [-0.3, -0.25) is 0 Å². The van der Waals surface area contributed by atoms with Crippen molar-refractivity contribution in [3.63, 3.8) is 0 Å². The van der Waals surface area contributed by atoms with Crippen LogP contribution in [0, 0.1) is 11.6 Å². The highest BCUT2D eigenvalue weighted by Gasteiger charge is 2.20. The van der Waals surface area contributed by atoms with Crippen LogP contribution < -0.4 is 18.9 Å². The van der Waals surface area contributed by atoms with E-state index < -0.39 is 29.3 Å². The van der Waals surface area contributed by atoms with E-state index in [1.54, 1.807) is 24.3 Å². The number of carbonyl (C=O) groups is 4. The molecular weight excluding hydrogens is 991 g/mol. The monoisotopic (exact) mass is 1090 g/mol. The van der Waals surface area contributed by atoms with Crippen LogP contribution in [0.3, 0.4) is 0 Å². The number of esters is 4. The molecule has 0 atom stereocenters. The van der Waals surface area contributed by atoms with Crippen LogP contribution in [0.15, 0.2) is 86.0 Å². The van der Waals surface area contributed by atoms with Crippen LogP contribution >= 0.6 is 0 Å². The molecule has 3 aromatic rings. The molecule has 10 nitrogen and oxygen atoms in total. The fraction of sp³-hybridized carbons (Fsp3) is 0.606. The molecule has 0 aliphatic heterocycles. The van der Waals surface area contributed by atoms with Crippen molar-refractivity contribution in [3.05, 3.63) is 109 Å². The Morgan fingerprint density at radius 3 is 0.846 bits per heavy atom. The van der Waals surface area contributed by atoms with E-state index >= 15 is 8.78 Å². The lowest BCUT2D eigenvalue weighted by atomic mass is 10.0. The summed E-state index contributed by atoms with van der Waals surface area (Å²) in [4.78, 5) is 47.7. The Morgan fingerprint density at radius 1 is 0.333 bits per heavy atom. The summed E-state index contributed by atoms with van der Waals surface area (Å²) in [7, 11) is 0. The minimum atomic E-state index is -1.19. The van der Waals surface area contributed by atoms with Gasteiger partial charge in [0.2, 0.25) is 5.75 Å². The Kier molecular flexibility index (Phi) is 38.8. The molecule has 0 aliphatic rings. The standard InChI is InChI=1S/C66H96F2O10/c1-3-62(69)75-51-39-35-31-27-23-19-15-11-7-5-9-13-17-21-25-29-33-37-49-73-57-45-41-55(42-46-57)65(71)77-59-53-60(67)64(61(68)54-59)78-66(72)56-43-47-58(48-44-56)74-50-38-34-30-26-22-18-14-10-6-8-12-16-20-24-28-32-36-40-52-76-63(70)4-2/h3-4,41-48,53-54H,1-2,5-40,49-52H2. The first kappa shape index (κ1) is 66.8. The molecule has 0 bridgehead atoms. The van der Waals surface area contributed by atoms with Crippen LogP contribution in [0.2, 0.25) is 0 Å². The number of hydrogen-bond donors (Lipinski definition) is 0. The smallest absolute Gasteiger partial charge is 0.343 e. The highest BCUT2D eigenvalue weighted by Crippen LogP contribution is 2.29. The number of benzene rings is 3. The van der Waals surface area contributed by atoms with Crippen molar-refractivity contribution in [1.82, 2.24) is 0 Å². The molecule has 0 unspecified atom stereocenters. The van der Waals surface area contributed by atoms with E-state index in [4.69, 9.17) is 28.4 Å². The van der Waals surface area contributed by atoms with Gasteiger partial charge >= 0.3 is 23.9 Å². The van der Waals surface area contributed by atoms with Crippen LogP contribution in [0.5, 0.6) is 23.0 Å².